The molecule has 2 aliphatic heterocycles. The number of anilines is 4. The van der Waals surface area contributed by atoms with E-state index in [4.69, 9.17) is 46.0 Å². The van der Waals surface area contributed by atoms with Crippen LogP contribution in [0, 0.1) is 5.92 Å². The van der Waals surface area contributed by atoms with Crippen molar-refractivity contribution in [2.45, 2.75) is 77.1 Å². The monoisotopic (exact) mass is 905 g/mol. The standard InChI is InChI=1S/C30H38ClN7O2.3C2HF3O2/c1-30(2,3)40-29(39)38-11-9-20(10-12-38)18-37(4)19-23-7-8-24-14-22(23)6-5-21-13-25(16-32-15-21)35-28-33-17-26(31)27(34-24)36-28;3*3-2(4,5)1(6)7/h7-8,13-17,20H,5-6,9-12,18-19H2,1-4H3,(H2,33,34,35,36);3*(H,6,7). The third-order valence-electron chi connectivity index (χ3n) is 7.95. The Labute approximate surface area is 346 Å². The Kier molecular flexibility index (Phi) is 18.4. The van der Waals surface area contributed by atoms with Crippen LogP contribution < -0.4 is 10.6 Å². The number of aryl methyl sites for hydroxylation is 2. The highest BCUT2D eigenvalue weighted by atomic mass is 35.5. The molecule has 0 saturated carbocycles. The van der Waals surface area contributed by atoms with Gasteiger partial charge in [0, 0.05) is 38.1 Å². The number of aliphatic carboxylic acids is 3. The number of amides is 1. The number of alkyl halides is 9. The molecule has 1 amide bonds. The maximum Gasteiger partial charge on any atom is 0.490 e. The second-order valence-corrected chi connectivity index (χ2v) is 14.6. The highest BCUT2D eigenvalue weighted by Gasteiger charge is 2.39. The van der Waals surface area contributed by atoms with Crippen molar-refractivity contribution in [3.63, 3.8) is 0 Å². The quantitative estimate of drug-likeness (QED) is 0.157. The molecule has 5 rings (SSSR count). The Balaban J connectivity index is 0.000000502. The molecular formula is C36H41ClF9N7O8. The zero-order chi connectivity index (χ0) is 46.5. The number of likely N-dealkylation sites (tertiary alicyclic amines) is 1. The molecule has 1 fully saturated rings. The summed E-state index contributed by atoms with van der Waals surface area (Å²) in [5.74, 6) is -6.71. The van der Waals surface area contributed by atoms with E-state index in [0.717, 1.165) is 68.8 Å². The summed E-state index contributed by atoms with van der Waals surface area (Å²) in [6.45, 7) is 9.05. The molecule has 5 N–H and O–H groups in total. The number of rotatable bonds is 4. The van der Waals surface area contributed by atoms with Gasteiger partial charge in [-0.1, -0.05) is 17.7 Å². The number of aromatic nitrogens is 3. The zero-order valence-corrected chi connectivity index (χ0v) is 33.4. The number of ether oxygens (including phenoxy) is 1. The maximum atomic E-state index is 12.4. The zero-order valence-electron chi connectivity index (χ0n) is 32.7. The van der Waals surface area contributed by atoms with Gasteiger partial charge >= 0.3 is 42.5 Å². The number of pyridine rings is 1. The fourth-order valence-corrected chi connectivity index (χ4v) is 5.40. The van der Waals surface area contributed by atoms with Gasteiger partial charge in [0.25, 0.3) is 0 Å². The summed E-state index contributed by atoms with van der Waals surface area (Å²) in [4.78, 5) is 56.7. The molecule has 61 heavy (non-hydrogen) atoms. The van der Waals surface area contributed by atoms with Crippen molar-refractivity contribution < 1.29 is 78.7 Å². The Hall–Kier alpha value is -5.65. The van der Waals surface area contributed by atoms with Gasteiger partial charge in [-0.15, -0.1) is 0 Å². The Morgan fingerprint density at radius 3 is 1.87 bits per heavy atom. The number of nitrogens with one attached hydrogen (secondary N) is 2. The molecular weight excluding hydrogens is 865 g/mol. The smallest absolute Gasteiger partial charge is 0.475 e. The number of carboxylic acid groups (broad SMARTS) is 3. The molecule has 4 heterocycles. The van der Waals surface area contributed by atoms with Crippen LogP contribution in [-0.2, 0) is 38.5 Å². The Morgan fingerprint density at radius 2 is 1.36 bits per heavy atom. The number of benzene rings is 1. The molecule has 25 heteroatoms. The van der Waals surface area contributed by atoms with E-state index in [-0.39, 0.29) is 6.09 Å². The highest BCUT2D eigenvalue weighted by Crippen LogP contribution is 2.29. The lowest BCUT2D eigenvalue weighted by Gasteiger charge is -2.35. The lowest BCUT2D eigenvalue weighted by Crippen LogP contribution is -2.43. The van der Waals surface area contributed by atoms with E-state index in [0.29, 0.717) is 22.7 Å². The fraction of sp³-hybridized carbons (Fsp3) is 0.472. The summed E-state index contributed by atoms with van der Waals surface area (Å²) in [6, 6.07) is 8.57. The van der Waals surface area contributed by atoms with Gasteiger partial charge in [-0.25, -0.2) is 24.2 Å². The Bertz CT molecular complexity index is 1920. The van der Waals surface area contributed by atoms with Gasteiger partial charge < -0.3 is 40.5 Å². The molecule has 6 bridgehead atoms. The third-order valence-corrected chi connectivity index (χ3v) is 8.23. The predicted octanol–water partition coefficient (Wildman–Crippen LogP) is 8.09. The van der Waals surface area contributed by atoms with Gasteiger partial charge in [0.15, 0.2) is 5.82 Å². The normalized spacial score (nSPS) is 14.2. The number of fused-ring (bicyclic) bond motifs is 6. The van der Waals surface area contributed by atoms with Gasteiger partial charge in [-0.2, -0.15) is 44.5 Å². The van der Waals surface area contributed by atoms with E-state index >= 15 is 0 Å². The van der Waals surface area contributed by atoms with Crippen LogP contribution >= 0.6 is 11.6 Å². The largest absolute Gasteiger partial charge is 0.490 e. The van der Waals surface area contributed by atoms with Gasteiger partial charge in [0.2, 0.25) is 5.95 Å². The van der Waals surface area contributed by atoms with E-state index in [1.165, 1.54) is 11.1 Å². The van der Waals surface area contributed by atoms with E-state index in [9.17, 15) is 44.3 Å². The fourth-order valence-electron chi connectivity index (χ4n) is 5.26. The molecule has 2 aromatic heterocycles. The van der Waals surface area contributed by atoms with Crippen LogP contribution in [0.2, 0.25) is 5.02 Å². The van der Waals surface area contributed by atoms with Crippen LogP contribution in [0.3, 0.4) is 0 Å². The average molecular weight is 906 g/mol. The Morgan fingerprint density at radius 1 is 0.820 bits per heavy atom. The second kappa shape index (κ2) is 21.7. The van der Waals surface area contributed by atoms with Gasteiger partial charge in [0.1, 0.15) is 10.6 Å². The number of carbonyl (C=O) groups excluding carboxylic acids is 1. The highest BCUT2D eigenvalue weighted by molar-refractivity contribution is 6.32. The SMILES string of the molecule is CN(Cc1ccc2cc1CCc1cncc(c1)Nc1ncc(Cl)c(n1)N2)CC1CCN(C(=O)OC(C)(C)C)CC1.O=C(O)C(F)(F)F.O=C(O)C(F)(F)F.O=C(O)C(F)(F)F. The number of carboxylic acids is 3. The first kappa shape index (κ1) is 51.5. The summed E-state index contributed by atoms with van der Waals surface area (Å²) in [6.07, 6.45) is -6.46. The van der Waals surface area contributed by atoms with Crippen LogP contribution in [0.25, 0.3) is 0 Å². The van der Waals surface area contributed by atoms with Crippen molar-refractivity contribution in [2.75, 3.05) is 37.3 Å². The second-order valence-electron chi connectivity index (χ2n) is 14.2. The van der Waals surface area contributed by atoms with E-state index in [2.05, 4.69) is 61.8 Å². The lowest BCUT2D eigenvalue weighted by atomic mass is 9.95. The molecule has 2 aliphatic rings. The van der Waals surface area contributed by atoms with Crippen LogP contribution in [0.4, 0.5) is 67.4 Å². The molecule has 338 valence electrons. The first-order valence-corrected chi connectivity index (χ1v) is 18.0. The van der Waals surface area contributed by atoms with Crippen LogP contribution in [0.5, 0.6) is 0 Å². The lowest BCUT2D eigenvalue weighted by molar-refractivity contribution is -0.193. The number of hydrogen-bond acceptors (Lipinski definition) is 11. The van der Waals surface area contributed by atoms with Gasteiger partial charge in [0.05, 0.1) is 18.1 Å². The minimum Gasteiger partial charge on any atom is -0.475 e. The van der Waals surface area contributed by atoms with Gasteiger partial charge in [-0.3, -0.25) is 4.98 Å². The van der Waals surface area contributed by atoms with Crippen LogP contribution in [-0.4, -0.2) is 115 Å². The summed E-state index contributed by atoms with van der Waals surface area (Å²) in [5.41, 5.74) is 5.03. The summed E-state index contributed by atoms with van der Waals surface area (Å²) < 4.78 is 101. The van der Waals surface area contributed by atoms with Crippen molar-refractivity contribution in [2.24, 2.45) is 5.92 Å². The minimum atomic E-state index is -5.08. The van der Waals surface area contributed by atoms with Crippen LogP contribution in [0.15, 0.2) is 42.9 Å². The number of piperidine rings is 1. The molecule has 0 unspecified atom stereocenters. The van der Waals surface area contributed by atoms with Crippen molar-refractivity contribution in [1.29, 1.82) is 0 Å². The average Bonchev–Trinajstić information content (AvgIpc) is 3.12. The number of nitrogens with zero attached hydrogens (tertiary/aromatic N) is 5. The molecule has 1 saturated heterocycles. The summed E-state index contributed by atoms with van der Waals surface area (Å²) in [5, 5.41) is 28.4. The van der Waals surface area contributed by atoms with E-state index < -0.39 is 42.0 Å². The van der Waals surface area contributed by atoms with Crippen molar-refractivity contribution in [3.8, 4) is 0 Å². The maximum absolute atomic E-state index is 12.4. The molecule has 0 aliphatic carbocycles. The third kappa shape index (κ3) is 19.1. The van der Waals surface area contributed by atoms with E-state index in [1.54, 1.807) is 12.4 Å². The predicted molar refractivity (Wildman–Crippen MR) is 200 cm³/mol. The van der Waals surface area contributed by atoms with Crippen molar-refractivity contribution >= 4 is 58.7 Å². The minimum absolute atomic E-state index is 0.205. The topological polar surface area (TPSA) is 207 Å². The molecule has 0 spiro atoms. The number of hydrogen-bond donors (Lipinski definition) is 5. The molecule has 0 radical (unpaired) electrons. The summed E-state index contributed by atoms with van der Waals surface area (Å²) in [7, 11) is 2.18. The first-order chi connectivity index (χ1) is 27.9. The van der Waals surface area contributed by atoms with Crippen LogP contribution in [0.1, 0.15) is 50.3 Å². The van der Waals surface area contributed by atoms with Crippen molar-refractivity contribution in [3.05, 3.63) is 64.6 Å². The van der Waals surface area contributed by atoms with E-state index in [1.807, 2.05) is 31.9 Å². The first-order valence-electron chi connectivity index (χ1n) is 17.6. The molecule has 1 aromatic carbocycles. The van der Waals surface area contributed by atoms with Gasteiger partial charge in [-0.05, 0) is 94.3 Å². The number of halogens is 10. The van der Waals surface area contributed by atoms with Crippen molar-refractivity contribution in [1.82, 2.24) is 24.8 Å². The molecule has 15 nitrogen and oxygen atoms in total. The number of carbonyl (C=O) groups is 4. The molecule has 3 aromatic rings. The molecule has 0 atom stereocenters. The summed E-state index contributed by atoms with van der Waals surface area (Å²) >= 11 is 6.42.